The molecule has 5 N–H and O–H groups in total. The van der Waals surface area contributed by atoms with Crippen molar-refractivity contribution in [3.63, 3.8) is 0 Å². The van der Waals surface area contributed by atoms with Gasteiger partial charge in [-0.3, -0.25) is 23.7 Å². The van der Waals surface area contributed by atoms with Gasteiger partial charge in [-0.25, -0.2) is 9.55 Å². The number of imidazole rings is 1. The predicted molar refractivity (Wildman–Crippen MR) is 149 cm³/mol. The summed E-state index contributed by atoms with van der Waals surface area (Å²) in [5, 5.41) is 13.8. The van der Waals surface area contributed by atoms with E-state index in [0.29, 0.717) is 0 Å². The number of hydrogen-bond donors (Lipinski definition) is 4. The number of hydrogen-bond acceptors (Lipinski definition) is 11. The zero-order chi connectivity index (χ0) is 29.9. The van der Waals surface area contributed by atoms with Gasteiger partial charge >= 0.3 is 13.7 Å². The third kappa shape index (κ3) is 6.56. The number of ether oxygens (including phenoxy) is 2. The van der Waals surface area contributed by atoms with Gasteiger partial charge in [0, 0.05) is 0 Å². The minimum Gasteiger partial charge on any atom is -0.462 e. The molecule has 0 saturated carbocycles. The lowest BCUT2D eigenvalue weighted by Gasteiger charge is -2.26. The van der Waals surface area contributed by atoms with Gasteiger partial charge in [0.15, 0.2) is 22.3 Å². The number of nitrogens with two attached hydrogens (primary N) is 1. The summed E-state index contributed by atoms with van der Waals surface area (Å²) in [4.78, 5) is 33.5. The number of halogens is 1. The molecule has 1 aliphatic heterocycles. The highest BCUT2D eigenvalue weighted by Crippen LogP contribution is 2.48. The fourth-order valence-corrected chi connectivity index (χ4v) is 6.00. The summed E-state index contributed by atoms with van der Waals surface area (Å²) < 4.78 is 37.7. The number of aliphatic hydroxyl groups is 1. The number of aromatic amines is 1. The van der Waals surface area contributed by atoms with E-state index in [4.69, 9.17) is 35.9 Å². The van der Waals surface area contributed by atoms with Gasteiger partial charge in [0.2, 0.25) is 5.95 Å². The van der Waals surface area contributed by atoms with Crippen LogP contribution in [0.5, 0.6) is 5.75 Å². The minimum absolute atomic E-state index is 0.0345. The number of nitrogens with zero attached hydrogens (tertiary/aromatic N) is 3. The molecule has 0 radical (unpaired) electrons. The van der Waals surface area contributed by atoms with E-state index in [1.54, 1.807) is 44.2 Å². The van der Waals surface area contributed by atoms with E-state index in [1.165, 1.54) is 24.7 Å². The van der Waals surface area contributed by atoms with Gasteiger partial charge in [-0.1, -0.05) is 35.7 Å². The first-order valence-corrected chi connectivity index (χ1v) is 14.4. The number of esters is 1. The Hall–Kier alpha value is -3.44. The Balaban J connectivity index is 1.62. The third-order valence-electron chi connectivity index (χ3n) is 5.90. The summed E-state index contributed by atoms with van der Waals surface area (Å²) in [5.74, 6) is 4.77. The number of aromatic nitrogens is 4. The van der Waals surface area contributed by atoms with E-state index in [1.807, 2.05) is 0 Å². The summed E-state index contributed by atoms with van der Waals surface area (Å²) >= 11 is 6.83. The first-order chi connectivity index (χ1) is 19.4. The molecule has 3 heterocycles. The van der Waals surface area contributed by atoms with Gasteiger partial charge in [0.1, 0.15) is 24.0 Å². The number of nitrogen functional groups attached to an aromatic ring is 1. The van der Waals surface area contributed by atoms with Crippen molar-refractivity contribution in [2.75, 3.05) is 12.3 Å². The lowest BCUT2D eigenvalue weighted by molar-refractivity contribution is -0.149. The van der Waals surface area contributed by atoms with Gasteiger partial charge in [-0.05, 0) is 39.8 Å². The standard InChI is InChI=1S/C25H30ClN6O8P/c1-5-11-25(26)19(33)17(39-23(25)32-13-28-18-20(32)29-24(27)30-21(18)34)12-37-41(36,40-16-9-7-6-8-10-16)31-15(4)22(35)38-14(2)3/h6-10,13-15,17,19,23,33H,12H2,1-4H3,(H,31,36)(H3,27,29,30,34)/t15?,17-,19?,23?,25?,41?/m1/s1. The molecule has 220 valence electrons. The number of carbonyl (C=O) groups is 1. The maximum Gasteiger partial charge on any atom is 0.459 e. The zero-order valence-corrected chi connectivity index (χ0v) is 24.3. The molecular weight excluding hydrogens is 579 g/mol. The molecule has 1 saturated heterocycles. The Morgan fingerprint density at radius 1 is 1.37 bits per heavy atom. The van der Waals surface area contributed by atoms with E-state index in [2.05, 4.69) is 31.9 Å². The molecule has 2 aromatic heterocycles. The van der Waals surface area contributed by atoms with Gasteiger partial charge in [-0.2, -0.15) is 10.1 Å². The second kappa shape index (κ2) is 12.2. The Labute approximate surface area is 240 Å². The molecule has 4 rings (SSSR count). The van der Waals surface area contributed by atoms with Crippen LogP contribution in [0.2, 0.25) is 0 Å². The van der Waals surface area contributed by atoms with Gasteiger partial charge < -0.3 is 24.8 Å². The normalized spacial score (nSPS) is 24.4. The molecule has 14 nitrogen and oxygen atoms in total. The average Bonchev–Trinajstić information content (AvgIpc) is 3.42. The van der Waals surface area contributed by atoms with Crippen LogP contribution in [0.25, 0.3) is 11.2 Å². The molecule has 1 aromatic carbocycles. The second-order valence-corrected chi connectivity index (χ2v) is 11.7. The minimum atomic E-state index is -4.28. The zero-order valence-electron chi connectivity index (χ0n) is 22.6. The smallest absolute Gasteiger partial charge is 0.459 e. The van der Waals surface area contributed by atoms with Crippen molar-refractivity contribution in [1.29, 1.82) is 0 Å². The highest BCUT2D eigenvalue weighted by atomic mass is 35.5. The molecular formula is C25H30ClN6O8P. The third-order valence-corrected chi connectivity index (χ3v) is 8.05. The van der Waals surface area contributed by atoms with Gasteiger partial charge in [0.05, 0.1) is 19.0 Å². The number of fused-ring (bicyclic) bond motifs is 1. The Morgan fingerprint density at radius 3 is 2.73 bits per heavy atom. The quantitative estimate of drug-likeness (QED) is 0.113. The average molecular weight is 609 g/mol. The van der Waals surface area contributed by atoms with E-state index in [0.717, 1.165) is 0 Å². The maximum atomic E-state index is 13.9. The molecule has 0 bridgehead atoms. The number of rotatable bonds is 10. The van der Waals surface area contributed by atoms with Crippen LogP contribution in [0.15, 0.2) is 41.5 Å². The van der Waals surface area contributed by atoms with Gasteiger partial charge in [-0.15, -0.1) is 5.92 Å². The fraction of sp³-hybridized carbons (Fsp3) is 0.440. The summed E-state index contributed by atoms with van der Waals surface area (Å²) in [6.45, 7) is 5.81. The summed E-state index contributed by atoms with van der Waals surface area (Å²) in [6.07, 6.45) is -3.07. The Kier molecular flexibility index (Phi) is 9.08. The van der Waals surface area contributed by atoms with Crippen molar-refractivity contribution >= 4 is 42.4 Å². The molecule has 0 aliphatic carbocycles. The van der Waals surface area contributed by atoms with E-state index in [9.17, 15) is 19.3 Å². The molecule has 41 heavy (non-hydrogen) atoms. The van der Waals surface area contributed by atoms with Crippen LogP contribution in [-0.4, -0.2) is 66.4 Å². The molecule has 0 spiro atoms. The van der Waals surface area contributed by atoms with Crippen LogP contribution in [0.1, 0.15) is 33.9 Å². The monoisotopic (exact) mass is 608 g/mol. The van der Waals surface area contributed by atoms with Crippen molar-refractivity contribution in [3.05, 3.63) is 47.0 Å². The number of para-hydroxylation sites is 1. The van der Waals surface area contributed by atoms with Crippen molar-refractivity contribution in [3.8, 4) is 17.6 Å². The maximum absolute atomic E-state index is 13.9. The number of aliphatic hydroxyl groups excluding tert-OH is 1. The summed E-state index contributed by atoms with van der Waals surface area (Å²) in [7, 11) is -4.28. The van der Waals surface area contributed by atoms with Crippen LogP contribution in [0.4, 0.5) is 5.95 Å². The largest absolute Gasteiger partial charge is 0.462 e. The van der Waals surface area contributed by atoms with Crippen LogP contribution in [0, 0.1) is 11.8 Å². The van der Waals surface area contributed by atoms with E-state index in [-0.39, 0.29) is 22.9 Å². The lowest BCUT2D eigenvalue weighted by atomic mass is 9.99. The number of benzene rings is 1. The van der Waals surface area contributed by atoms with Crippen LogP contribution >= 0.6 is 19.3 Å². The second-order valence-electron chi connectivity index (χ2n) is 9.42. The van der Waals surface area contributed by atoms with Crippen molar-refractivity contribution in [2.45, 2.75) is 63.2 Å². The molecule has 16 heteroatoms. The number of alkyl halides is 1. The van der Waals surface area contributed by atoms with Crippen molar-refractivity contribution < 1.29 is 33.0 Å². The first-order valence-electron chi connectivity index (χ1n) is 12.5. The Morgan fingerprint density at radius 2 is 2.07 bits per heavy atom. The molecule has 1 fully saturated rings. The molecule has 1 aliphatic rings. The van der Waals surface area contributed by atoms with E-state index >= 15 is 0 Å². The van der Waals surface area contributed by atoms with Crippen molar-refractivity contribution in [2.24, 2.45) is 0 Å². The number of anilines is 1. The number of nitrogens with one attached hydrogen (secondary N) is 2. The van der Waals surface area contributed by atoms with Crippen molar-refractivity contribution in [1.82, 2.24) is 24.6 Å². The Bertz CT molecular complexity index is 1570. The number of carbonyl (C=O) groups excluding carboxylic acids is 1. The summed E-state index contributed by atoms with van der Waals surface area (Å²) in [5.41, 5.74) is 5.14. The van der Waals surface area contributed by atoms with Gasteiger partial charge in [0.25, 0.3) is 5.56 Å². The topological polar surface area (TPSA) is 193 Å². The summed E-state index contributed by atoms with van der Waals surface area (Å²) in [6, 6.07) is 7.09. The fourth-order valence-electron chi connectivity index (χ4n) is 4.10. The van der Waals surface area contributed by atoms with Crippen LogP contribution < -0.4 is 20.9 Å². The predicted octanol–water partition coefficient (Wildman–Crippen LogP) is 2.09. The molecule has 6 atom stereocenters. The van der Waals surface area contributed by atoms with Crippen LogP contribution in [-0.2, 0) is 23.4 Å². The molecule has 0 amide bonds. The molecule has 3 aromatic rings. The molecule has 5 unspecified atom stereocenters. The first kappa shape index (κ1) is 30.5. The van der Waals surface area contributed by atoms with E-state index < -0.39 is 61.3 Å². The highest BCUT2D eigenvalue weighted by Gasteiger charge is 2.56. The SMILES string of the molecule is CC#CC1(Cl)C(O)[C@@H](COP(=O)(NC(C)C(=O)OC(C)C)Oc2ccccc2)OC1n1cnc2c(=O)[nH]c(N)nc21. The van der Waals surface area contributed by atoms with Crippen LogP contribution in [0.3, 0.4) is 0 Å². The lowest BCUT2D eigenvalue weighted by Crippen LogP contribution is -2.42. The highest BCUT2D eigenvalue weighted by molar-refractivity contribution is 7.52. The number of H-pyrrole nitrogens is 1.